The number of rotatable bonds is 8. The molecule has 0 amide bonds. The summed E-state index contributed by atoms with van der Waals surface area (Å²) in [5, 5.41) is 1.26. The molecule has 0 unspecified atom stereocenters. The second-order valence-electron chi connectivity index (χ2n) is 9.63. The van der Waals surface area contributed by atoms with E-state index in [2.05, 4.69) is 30.5 Å². The molecule has 2 fully saturated rings. The van der Waals surface area contributed by atoms with E-state index >= 15 is 0 Å². The fraction of sp³-hybridized carbons (Fsp3) is 0.320. The van der Waals surface area contributed by atoms with Crippen LogP contribution in [0.5, 0.6) is 0 Å². The van der Waals surface area contributed by atoms with Crippen LogP contribution < -0.4 is 25.6 Å². The van der Waals surface area contributed by atoms with Gasteiger partial charge in [0, 0.05) is 50.7 Å². The number of halogens is 2. The fourth-order valence-corrected chi connectivity index (χ4v) is 5.97. The molecule has 38 heavy (non-hydrogen) atoms. The van der Waals surface area contributed by atoms with Crippen LogP contribution in [0.3, 0.4) is 0 Å². The molecule has 6 rings (SSSR count). The van der Waals surface area contributed by atoms with Crippen LogP contribution >= 0.6 is 11.6 Å². The highest BCUT2D eigenvalue weighted by molar-refractivity contribution is 7.92. The Morgan fingerprint density at radius 2 is 1.97 bits per heavy atom. The molecular formula is C25H27ClFN7O3S. The van der Waals surface area contributed by atoms with Gasteiger partial charge in [-0.2, -0.15) is 0 Å². The molecule has 200 valence electrons. The normalized spacial score (nSPS) is 18.4. The van der Waals surface area contributed by atoms with Gasteiger partial charge in [0.05, 0.1) is 34.6 Å². The van der Waals surface area contributed by atoms with Crippen molar-refractivity contribution in [3.05, 3.63) is 71.8 Å². The number of aromatic nitrogens is 1. The number of sulfonamides is 1. The second-order valence-corrected chi connectivity index (χ2v) is 11.7. The third-order valence-electron chi connectivity index (χ3n) is 6.91. The zero-order valence-electron chi connectivity index (χ0n) is 20.4. The maximum absolute atomic E-state index is 14.9. The molecule has 3 N–H and O–H groups in total. The van der Waals surface area contributed by atoms with Crippen LogP contribution in [-0.2, 0) is 10.0 Å². The molecule has 0 spiro atoms. The van der Waals surface area contributed by atoms with Gasteiger partial charge in [-0.05, 0) is 43.0 Å². The quantitative estimate of drug-likeness (QED) is 0.381. The lowest BCUT2D eigenvalue weighted by Crippen LogP contribution is -2.47. The van der Waals surface area contributed by atoms with Crippen molar-refractivity contribution in [2.75, 3.05) is 47.4 Å². The first kappa shape index (κ1) is 25.0. The number of hydrogen-bond donors (Lipinski definition) is 3. The number of hydrazine groups is 2. The summed E-state index contributed by atoms with van der Waals surface area (Å²) < 4.78 is 47.4. The minimum atomic E-state index is -3.96. The monoisotopic (exact) mass is 559 g/mol. The van der Waals surface area contributed by atoms with Crippen molar-refractivity contribution in [2.24, 2.45) is 5.92 Å². The molecule has 2 aliphatic heterocycles. The molecule has 2 aromatic heterocycles. The van der Waals surface area contributed by atoms with Gasteiger partial charge in [-0.1, -0.05) is 11.6 Å². The van der Waals surface area contributed by atoms with Gasteiger partial charge in [0.1, 0.15) is 22.7 Å². The van der Waals surface area contributed by atoms with Crippen LogP contribution in [0.4, 0.5) is 21.5 Å². The lowest BCUT2D eigenvalue weighted by Gasteiger charge is -2.36. The lowest BCUT2D eigenvalue weighted by molar-refractivity contribution is 0.248. The Kier molecular flexibility index (Phi) is 6.64. The Labute approximate surface area is 225 Å². The first-order chi connectivity index (χ1) is 18.4. The Morgan fingerprint density at radius 1 is 1.16 bits per heavy atom. The number of benzene rings is 1. The van der Waals surface area contributed by atoms with E-state index in [1.165, 1.54) is 42.8 Å². The van der Waals surface area contributed by atoms with Crippen molar-refractivity contribution < 1.29 is 17.2 Å². The topological polar surface area (TPSA) is 106 Å². The summed E-state index contributed by atoms with van der Waals surface area (Å²) in [6.45, 7) is 5.16. The predicted octanol–water partition coefficient (Wildman–Crippen LogP) is 3.63. The molecule has 1 aliphatic carbocycles. The average molecular weight is 560 g/mol. The van der Waals surface area contributed by atoms with E-state index < -0.39 is 15.8 Å². The maximum Gasteiger partial charge on any atom is 0.265 e. The third-order valence-corrected chi connectivity index (χ3v) is 8.64. The fourth-order valence-electron chi connectivity index (χ4n) is 4.63. The van der Waals surface area contributed by atoms with E-state index in [1.54, 1.807) is 12.4 Å². The van der Waals surface area contributed by atoms with E-state index in [9.17, 15) is 12.8 Å². The minimum Gasteiger partial charge on any atom is -0.471 e. The maximum atomic E-state index is 14.9. The van der Waals surface area contributed by atoms with E-state index in [-0.39, 0.29) is 21.3 Å². The number of hydrogen-bond acceptors (Lipinski definition) is 9. The summed E-state index contributed by atoms with van der Waals surface area (Å²) in [4.78, 5) is 9.22. The van der Waals surface area contributed by atoms with Crippen molar-refractivity contribution >= 4 is 44.4 Å². The van der Waals surface area contributed by atoms with E-state index in [0.717, 1.165) is 55.7 Å². The smallest absolute Gasteiger partial charge is 0.265 e. The van der Waals surface area contributed by atoms with Gasteiger partial charge < -0.3 is 14.7 Å². The summed E-state index contributed by atoms with van der Waals surface area (Å²) in [6, 6.07) is 5.76. The molecule has 0 radical (unpaired) electrons. The van der Waals surface area contributed by atoms with Crippen LogP contribution in [0.25, 0.3) is 5.70 Å². The first-order valence-electron chi connectivity index (χ1n) is 12.4. The van der Waals surface area contributed by atoms with E-state index in [0.29, 0.717) is 5.70 Å². The average Bonchev–Trinajstić information content (AvgIpc) is 3.34. The highest BCUT2D eigenvalue weighted by Crippen LogP contribution is 2.37. The highest BCUT2D eigenvalue weighted by atomic mass is 35.5. The zero-order valence-corrected chi connectivity index (χ0v) is 22.0. The highest BCUT2D eigenvalue weighted by Gasteiger charge is 2.28. The Hall–Kier alpha value is -3.32. The number of piperazine rings is 1. The summed E-state index contributed by atoms with van der Waals surface area (Å²) >= 11 is 6.48. The first-order valence-corrected chi connectivity index (χ1v) is 14.2. The van der Waals surface area contributed by atoms with Crippen molar-refractivity contribution in [3.8, 4) is 0 Å². The summed E-state index contributed by atoms with van der Waals surface area (Å²) in [5.41, 5.74) is 8.38. The molecular weight excluding hydrogens is 533 g/mol. The molecule has 3 aromatic rings. The molecule has 0 bridgehead atoms. The Bertz CT molecular complexity index is 1460. The van der Waals surface area contributed by atoms with E-state index in [1.807, 2.05) is 12.3 Å². The SMILES string of the molecule is O=S(=O)(Nc1ccc(F)c(N2C=C(c3cncc(N4CCN(CC5CC5)CC4)c3)NN2)c1Cl)c1ccoc1. The number of furan rings is 1. The standard InChI is InChI=1S/C25H27ClFN7O3S/c26-24-22(30-38(35,36)20-5-10-37-16-20)4-3-21(27)25(24)34-15-23(29-31-34)18-11-19(13-28-12-18)33-8-6-32(7-9-33)14-17-1-2-17/h3-5,10-13,15-17,29-31H,1-2,6-9,14H2. The van der Waals surface area contributed by atoms with Gasteiger partial charge >= 0.3 is 0 Å². The molecule has 3 aliphatic rings. The van der Waals surface area contributed by atoms with Crippen LogP contribution in [0, 0.1) is 11.7 Å². The van der Waals surface area contributed by atoms with Gasteiger partial charge in [-0.25, -0.2) is 12.8 Å². The van der Waals surface area contributed by atoms with Crippen molar-refractivity contribution in [1.82, 2.24) is 20.8 Å². The van der Waals surface area contributed by atoms with Gasteiger partial charge in [0.25, 0.3) is 10.0 Å². The number of pyridine rings is 1. The molecule has 1 saturated heterocycles. The van der Waals surface area contributed by atoms with Crippen LogP contribution in [0.1, 0.15) is 18.4 Å². The lowest BCUT2D eigenvalue weighted by atomic mass is 10.2. The Balaban J connectivity index is 1.19. The van der Waals surface area contributed by atoms with Crippen molar-refractivity contribution in [1.29, 1.82) is 0 Å². The Morgan fingerprint density at radius 3 is 2.71 bits per heavy atom. The van der Waals surface area contributed by atoms with Crippen molar-refractivity contribution in [3.63, 3.8) is 0 Å². The minimum absolute atomic E-state index is 0.0254. The largest absolute Gasteiger partial charge is 0.471 e. The second kappa shape index (κ2) is 10.1. The molecule has 13 heteroatoms. The van der Waals surface area contributed by atoms with Gasteiger partial charge in [-0.15, -0.1) is 5.53 Å². The van der Waals surface area contributed by atoms with Gasteiger partial charge in [0.2, 0.25) is 0 Å². The third kappa shape index (κ3) is 5.17. The summed E-state index contributed by atoms with van der Waals surface area (Å²) in [5.74, 6) is 0.252. The number of nitrogens with one attached hydrogen (secondary N) is 3. The summed E-state index contributed by atoms with van der Waals surface area (Å²) in [7, 11) is -3.96. The number of nitrogens with zero attached hydrogens (tertiary/aromatic N) is 4. The molecule has 10 nitrogen and oxygen atoms in total. The molecule has 1 aromatic carbocycles. The summed E-state index contributed by atoms with van der Waals surface area (Å²) in [6.07, 6.45) is 10.3. The number of anilines is 3. The van der Waals surface area contributed by atoms with E-state index in [4.69, 9.17) is 16.0 Å². The van der Waals surface area contributed by atoms with Crippen LogP contribution in [0.2, 0.25) is 5.02 Å². The molecule has 1 saturated carbocycles. The van der Waals surface area contributed by atoms with Gasteiger partial charge in [-0.3, -0.25) is 19.6 Å². The van der Waals surface area contributed by atoms with Crippen LogP contribution in [-0.4, -0.2) is 51.0 Å². The zero-order chi connectivity index (χ0) is 26.3. The van der Waals surface area contributed by atoms with Gasteiger partial charge in [0.15, 0.2) is 0 Å². The van der Waals surface area contributed by atoms with Crippen molar-refractivity contribution in [2.45, 2.75) is 17.7 Å². The predicted molar refractivity (Wildman–Crippen MR) is 143 cm³/mol. The molecule has 0 atom stereocenters. The molecule has 4 heterocycles. The van der Waals surface area contributed by atoms with Crippen LogP contribution in [0.15, 0.2) is 64.7 Å².